The predicted octanol–water partition coefficient (Wildman–Crippen LogP) is 6.30. The first-order valence-electron chi connectivity index (χ1n) is 21.0. The van der Waals surface area contributed by atoms with Crippen LogP contribution < -0.4 is 9.31 Å². The van der Waals surface area contributed by atoms with Crippen molar-refractivity contribution in [3.8, 4) is 11.5 Å². The van der Waals surface area contributed by atoms with Gasteiger partial charge in [-0.2, -0.15) is 0 Å². The standard InChI is InChI=1S/C7H7BO2.C7H15BO2.C6H13BO2.C5H13BO2.C4H9BO2.C3H7BO2.C3H9BO.CH5BO2/c1-8-9-6-4-2-3-5-7(6)10-8;1-6(2)7(3,4)10-8(5)9-6;1-6(2)4-8-7(3)9-5-6;1-4-7-6(3)8-5-2;1-5-6-3-2-4-7-5;1-4-5-2-3-6-4;1-4(2)5-3;1-2(3)4/h2-5H,1H3;1-5H3;4-5H2,1-3H3;4-5H2,1-3H3;2-4H2,1H3;2-3H2,1H3;1-3H3;3-4H,1H3. The van der Waals surface area contributed by atoms with Crippen LogP contribution >= 0.6 is 0 Å². The fourth-order valence-corrected chi connectivity index (χ4v) is 4.54. The van der Waals surface area contributed by atoms with Crippen LogP contribution in [0.3, 0.4) is 0 Å². The van der Waals surface area contributed by atoms with Gasteiger partial charge in [0, 0.05) is 52.2 Å². The van der Waals surface area contributed by atoms with Gasteiger partial charge >= 0.3 is 49.8 Å². The maximum Gasteiger partial charge on any atom is 0.591 e. The molecule has 59 heavy (non-hydrogen) atoms. The SMILES string of the molecule is CB(O)O.CB1OC(C)(C)C(C)(C)O1.CB1OCC(C)(C)CO1.CB1OCCCO1.CB1OCCO1.CB1Oc2ccccc2O1.CCOB(C)OCC.COB(C)C. The van der Waals surface area contributed by atoms with Crippen molar-refractivity contribution >= 4 is 56.7 Å². The van der Waals surface area contributed by atoms with Gasteiger partial charge in [-0.3, -0.25) is 0 Å². The van der Waals surface area contributed by atoms with Gasteiger partial charge < -0.3 is 70.6 Å². The number of para-hydroxylation sites is 2. The van der Waals surface area contributed by atoms with Crippen molar-refractivity contribution in [2.24, 2.45) is 5.41 Å². The summed E-state index contributed by atoms with van der Waals surface area (Å²) in [5, 5.41) is 15.2. The normalized spacial score (nSPS) is 18.7. The van der Waals surface area contributed by atoms with Crippen LogP contribution in [0.1, 0.15) is 61.8 Å². The van der Waals surface area contributed by atoms with E-state index < -0.39 is 7.12 Å². The zero-order valence-corrected chi connectivity index (χ0v) is 40.0. The molecule has 0 atom stereocenters. The third-order valence-corrected chi connectivity index (χ3v) is 8.28. The van der Waals surface area contributed by atoms with Gasteiger partial charge in [0.1, 0.15) is 11.5 Å². The zero-order chi connectivity index (χ0) is 45.7. The molecule has 0 aromatic heterocycles. The number of hydrogen-bond acceptors (Lipinski definition) is 15. The number of hydrogen-bond donors (Lipinski definition) is 2. The molecular formula is C36H78B8O15. The second-order valence-corrected chi connectivity index (χ2v) is 15.8. The van der Waals surface area contributed by atoms with Crippen molar-refractivity contribution in [1.29, 1.82) is 0 Å². The number of benzene rings is 1. The summed E-state index contributed by atoms with van der Waals surface area (Å²) in [5.41, 5.74) is -0.106. The van der Waals surface area contributed by atoms with Crippen LogP contribution in [0.25, 0.3) is 0 Å². The smallest absolute Gasteiger partial charge is 0.523 e. The first-order chi connectivity index (χ1) is 27.4. The third kappa shape index (κ3) is 33.1. The van der Waals surface area contributed by atoms with Gasteiger partial charge in [-0.15, -0.1) is 0 Å². The van der Waals surface area contributed by atoms with E-state index in [4.69, 9.17) is 70.6 Å². The van der Waals surface area contributed by atoms with E-state index >= 15 is 0 Å². The molecule has 1 aromatic carbocycles. The Labute approximate surface area is 362 Å². The molecule has 5 aliphatic heterocycles. The Kier molecular flexibility index (Phi) is 33.9. The van der Waals surface area contributed by atoms with Crippen molar-refractivity contribution in [2.45, 2.75) is 134 Å². The molecule has 0 unspecified atom stereocenters. The van der Waals surface area contributed by atoms with Crippen LogP contribution in [0.4, 0.5) is 0 Å². The van der Waals surface area contributed by atoms with E-state index in [1.54, 1.807) is 7.11 Å². The fourth-order valence-electron chi connectivity index (χ4n) is 4.54. The molecule has 6 rings (SSSR count). The molecule has 23 heteroatoms. The molecule has 0 radical (unpaired) electrons. The first-order valence-corrected chi connectivity index (χ1v) is 21.0. The quantitative estimate of drug-likeness (QED) is 0.318. The van der Waals surface area contributed by atoms with E-state index in [9.17, 15) is 0 Å². The van der Waals surface area contributed by atoms with Crippen LogP contribution in [0.2, 0.25) is 61.4 Å². The average molecular weight is 838 g/mol. The molecule has 0 amide bonds. The number of fused-ring (bicyclic) bond motifs is 1. The minimum absolute atomic E-state index is 0.00183. The van der Waals surface area contributed by atoms with Crippen molar-refractivity contribution in [2.75, 3.05) is 60.0 Å². The van der Waals surface area contributed by atoms with E-state index in [2.05, 4.69) is 41.5 Å². The summed E-state index contributed by atoms with van der Waals surface area (Å²) in [6.07, 6.45) is 1.05. The Balaban J connectivity index is 0. The first kappa shape index (κ1) is 59.9. The second kappa shape index (κ2) is 33.4. The van der Waals surface area contributed by atoms with Gasteiger partial charge in [0.15, 0.2) is 0 Å². The molecule has 336 valence electrons. The molecule has 4 fully saturated rings. The van der Waals surface area contributed by atoms with E-state index in [-0.39, 0.29) is 59.3 Å². The molecule has 1 aromatic rings. The summed E-state index contributed by atoms with van der Waals surface area (Å²) in [4.78, 5) is 0. The minimum atomic E-state index is -1.17. The zero-order valence-electron chi connectivity index (χ0n) is 40.0. The predicted molar refractivity (Wildman–Crippen MR) is 246 cm³/mol. The van der Waals surface area contributed by atoms with Crippen LogP contribution in [0.5, 0.6) is 11.5 Å². The lowest BCUT2D eigenvalue weighted by Gasteiger charge is -2.32. The highest BCUT2D eigenvalue weighted by molar-refractivity contribution is 6.48. The summed E-state index contributed by atoms with van der Waals surface area (Å²) >= 11 is 0. The van der Waals surface area contributed by atoms with E-state index in [1.165, 1.54) is 6.82 Å². The highest BCUT2D eigenvalue weighted by atomic mass is 16.7. The summed E-state index contributed by atoms with van der Waals surface area (Å²) in [6, 6.07) is 7.66. The summed E-state index contributed by atoms with van der Waals surface area (Å²) in [5.74, 6) is 1.69. The molecule has 4 saturated heterocycles. The molecule has 2 N–H and O–H groups in total. The molecule has 0 saturated carbocycles. The van der Waals surface area contributed by atoms with E-state index in [0.717, 1.165) is 70.8 Å². The molecular weight excluding hydrogens is 759 g/mol. The molecule has 0 aliphatic carbocycles. The Bertz CT molecular complexity index is 1080. The fraction of sp³-hybridized carbons (Fsp3) is 0.833. The largest absolute Gasteiger partial charge is 0.591 e. The Morgan fingerprint density at radius 3 is 1.15 bits per heavy atom. The van der Waals surface area contributed by atoms with Crippen LogP contribution in [-0.2, 0) is 51.2 Å². The van der Waals surface area contributed by atoms with E-state index in [0.29, 0.717) is 6.92 Å². The molecule has 15 nitrogen and oxygen atoms in total. The Morgan fingerprint density at radius 1 is 0.593 bits per heavy atom. The van der Waals surface area contributed by atoms with Crippen molar-refractivity contribution < 1.29 is 70.6 Å². The van der Waals surface area contributed by atoms with Gasteiger partial charge in [-0.05, 0) is 108 Å². The van der Waals surface area contributed by atoms with Crippen molar-refractivity contribution in [3.63, 3.8) is 0 Å². The Hall–Kier alpha value is -1.18. The molecule has 5 aliphatic rings. The van der Waals surface area contributed by atoms with Crippen molar-refractivity contribution in [1.82, 2.24) is 0 Å². The van der Waals surface area contributed by atoms with Crippen molar-refractivity contribution in [3.05, 3.63) is 24.3 Å². The highest BCUT2D eigenvalue weighted by Crippen LogP contribution is 2.36. The molecule has 0 spiro atoms. The monoisotopic (exact) mass is 839 g/mol. The highest BCUT2D eigenvalue weighted by Gasteiger charge is 2.48. The molecule has 5 heterocycles. The van der Waals surface area contributed by atoms with Gasteiger partial charge in [0.2, 0.25) is 0 Å². The minimum Gasteiger partial charge on any atom is -0.523 e. The van der Waals surface area contributed by atoms with Gasteiger partial charge in [0.05, 0.1) is 24.4 Å². The van der Waals surface area contributed by atoms with Crippen LogP contribution in [0, 0.1) is 5.41 Å². The third-order valence-electron chi connectivity index (χ3n) is 8.28. The van der Waals surface area contributed by atoms with Gasteiger partial charge in [-0.25, -0.2) is 0 Å². The maximum absolute atomic E-state index is 7.61. The lowest BCUT2D eigenvalue weighted by atomic mass is 9.75. The van der Waals surface area contributed by atoms with Gasteiger partial charge in [0.25, 0.3) is 6.92 Å². The van der Waals surface area contributed by atoms with Crippen LogP contribution in [0.15, 0.2) is 24.3 Å². The lowest BCUT2D eigenvalue weighted by molar-refractivity contribution is 0.00578. The maximum atomic E-state index is 7.61. The average Bonchev–Trinajstić information content (AvgIpc) is 3.83. The number of rotatable bonds is 5. The molecule has 0 bridgehead atoms. The topological polar surface area (TPSA) is 160 Å². The second-order valence-electron chi connectivity index (χ2n) is 15.8. The summed E-state index contributed by atoms with van der Waals surface area (Å²) < 4.78 is 67.0. The summed E-state index contributed by atoms with van der Waals surface area (Å²) in [7, 11) is 0.383. The van der Waals surface area contributed by atoms with Crippen LogP contribution in [-0.4, -0.2) is 138 Å². The van der Waals surface area contributed by atoms with Gasteiger partial charge in [-0.1, -0.05) is 39.6 Å². The lowest BCUT2D eigenvalue weighted by Crippen LogP contribution is -2.41. The summed E-state index contributed by atoms with van der Waals surface area (Å²) in [6.45, 7) is 39.8. The Morgan fingerprint density at radius 2 is 0.932 bits per heavy atom. The van der Waals surface area contributed by atoms with E-state index in [1.807, 2.05) is 92.7 Å².